The molecule has 3 saturated heterocycles. The SMILES string of the molecule is CC[C@H]1OC(=O)[C@H](C)C(=O)[C@H](C)[C@@H](O[C@@H]2O[C@H](C)C[C@H](N(C)C)[C@H]2O)[C@@](C)(OC)C[C@@H](C)C(=O)NC(C)[C@H]2N(NCCCc3ccc(-c4ccccc4)[nH]3)C(=O)O[C@]12C. The van der Waals surface area contributed by atoms with Gasteiger partial charge in [-0.05, 0) is 98.5 Å². The van der Waals surface area contributed by atoms with Gasteiger partial charge in [-0.1, -0.05) is 51.1 Å². The average Bonchev–Trinajstić information content (AvgIpc) is 3.78. The molecule has 59 heavy (non-hydrogen) atoms. The maximum atomic E-state index is 14.4. The van der Waals surface area contributed by atoms with Crippen molar-refractivity contribution in [1.29, 1.82) is 0 Å². The number of hydrogen-bond acceptors (Lipinski definition) is 12. The largest absolute Gasteiger partial charge is 0.457 e. The number of hydrazine groups is 1. The molecule has 0 aliphatic carbocycles. The van der Waals surface area contributed by atoms with Crippen molar-refractivity contribution in [3.63, 3.8) is 0 Å². The molecule has 3 aliphatic heterocycles. The monoisotopic (exact) mass is 825 g/mol. The molecule has 4 N–H and O–H groups in total. The third-order valence-corrected chi connectivity index (χ3v) is 12.7. The zero-order chi connectivity index (χ0) is 43.4. The maximum absolute atomic E-state index is 14.4. The highest BCUT2D eigenvalue weighted by Gasteiger charge is 2.59. The van der Waals surface area contributed by atoms with Crippen LogP contribution in [-0.4, -0.2) is 132 Å². The summed E-state index contributed by atoms with van der Waals surface area (Å²) < 4.78 is 31.1. The molecule has 15 nitrogen and oxygen atoms in total. The van der Waals surface area contributed by atoms with E-state index >= 15 is 0 Å². The van der Waals surface area contributed by atoms with E-state index in [0.29, 0.717) is 25.8 Å². The fourth-order valence-electron chi connectivity index (χ4n) is 9.22. The number of hydrogen-bond donors (Lipinski definition) is 4. The molecule has 1 aromatic heterocycles. The molecule has 0 spiro atoms. The van der Waals surface area contributed by atoms with E-state index in [4.69, 9.17) is 23.7 Å². The van der Waals surface area contributed by atoms with E-state index in [1.807, 2.05) is 75.3 Å². The van der Waals surface area contributed by atoms with Crippen molar-refractivity contribution in [2.45, 2.75) is 148 Å². The Balaban J connectivity index is 1.41. The van der Waals surface area contributed by atoms with Gasteiger partial charge < -0.3 is 44.0 Å². The highest BCUT2D eigenvalue weighted by molar-refractivity contribution is 6.00. The number of cyclic esters (lactones) is 1. The number of amides is 2. The second-order valence-corrected chi connectivity index (χ2v) is 17.4. The van der Waals surface area contributed by atoms with Crippen LogP contribution in [0.25, 0.3) is 11.3 Å². The summed E-state index contributed by atoms with van der Waals surface area (Å²) in [6, 6.07) is 12.3. The van der Waals surface area contributed by atoms with Crippen molar-refractivity contribution in [2.24, 2.45) is 17.8 Å². The highest BCUT2D eigenvalue weighted by atomic mass is 16.7. The molecule has 0 radical (unpaired) electrons. The highest BCUT2D eigenvalue weighted by Crippen LogP contribution is 2.39. The lowest BCUT2D eigenvalue weighted by molar-refractivity contribution is -0.295. The Kier molecular flexibility index (Phi) is 15.1. The molecule has 328 valence electrons. The van der Waals surface area contributed by atoms with E-state index in [0.717, 1.165) is 17.0 Å². The molecule has 15 heteroatoms. The number of aliphatic hydroxyl groups excluding tert-OH is 1. The molecule has 5 rings (SSSR count). The van der Waals surface area contributed by atoms with Gasteiger partial charge in [0.25, 0.3) is 0 Å². The normalized spacial score (nSPS) is 36.4. The van der Waals surface area contributed by atoms with Gasteiger partial charge in [0.2, 0.25) is 5.91 Å². The van der Waals surface area contributed by atoms with Gasteiger partial charge in [-0.3, -0.25) is 14.4 Å². The molecule has 13 atom stereocenters. The quantitative estimate of drug-likeness (QED) is 0.141. The summed E-state index contributed by atoms with van der Waals surface area (Å²) >= 11 is 0. The number of carbonyl (C=O) groups excluding carboxylic acids is 4. The number of Topliss-reactive ketones (excluding diaryl/α,β-unsaturated/α-hetero) is 1. The first-order valence-corrected chi connectivity index (χ1v) is 21.1. The lowest BCUT2D eigenvalue weighted by Gasteiger charge is -2.46. The molecule has 4 heterocycles. The third-order valence-electron chi connectivity index (χ3n) is 12.7. The first kappa shape index (κ1) is 46.2. The summed E-state index contributed by atoms with van der Waals surface area (Å²) in [6.07, 6.45) is -2.87. The number of nitrogens with one attached hydrogen (secondary N) is 3. The van der Waals surface area contributed by atoms with Crippen LogP contribution >= 0.6 is 0 Å². The van der Waals surface area contributed by atoms with Crippen LogP contribution in [0, 0.1) is 17.8 Å². The Morgan fingerprint density at radius 1 is 1.02 bits per heavy atom. The predicted octanol–water partition coefficient (Wildman–Crippen LogP) is 4.62. The Morgan fingerprint density at radius 2 is 1.71 bits per heavy atom. The Bertz CT molecular complexity index is 1760. The number of aromatic nitrogens is 1. The zero-order valence-electron chi connectivity index (χ0n) is 36.7. The number of ketones is 1. The van der Waals surface area contributed by atoms with Gasteiger partial charge in [0.1, 0.15) is 24.2 Å². The average molecular weight is 826 g/mol. The van der Waals surface area contributed by atoms with Gasteiger partial charge in [-0.2, -0.15) is 0 Å². The number of rotatable bonds is 11. The minimum Gasteiger partial charge on any atom is -0.457 e. The van der Waals surface area contributed by atoms with Gasteiger partial charge >= 0.3 is 12.1 Å². The minimum atomic E-state index is -1.43. The summed E-state index contributed by atoms with van der Waals surface area (Å²) in [5.41, 5.74) is 3.70. The van der Waals surface area contributed by atoms with Crippen LogP contribution in [0.4, 0.5) is 4.79 Å². The van der Waals surface area contributed by atoms with Crippen molar-refractivity contribution < 1.29 is 48.0 Å². The van der Waals surface area contributed by atoms with Crippen LogP contribution in [0.15, 0.2) is 42.5 Å². The van der Waals surface area contributed by atoms with E-state index in [1.54, 1.807) is 34.6 Å². The number of aliphatic hydroxyl groups is 1. The van der Waals surface area contributed by atoms with E-state index < -0.39 is 83.5 Å². The van der Waals surface area contributed by atoms with Crippen molar-refractivity contribution in [3.8, 4) is 11.3 Å². The number of aryl methyl sites for hydroxylation is 1. The van der Waals surface area contributed by atoms with Gasteiger partial charge in [0.15, 0.2) is 17.7 Å². The number of nitrogens with zero attached hydrogens (tertiary/aromatic N) is 2. The second-order valence-electron chi connectivity index (χ2n) is 17.4. The number of H-pyrrole nitrogens is 1. The molecule has 3 fully saturated rings. The molecule has 1 unspecified atom stereocenters. The number of aromatic amines is 1. The molecule has 1 aromatic carbocycles. The molecule has 3 aliphatic rings. The van der Waals surface area contributed by atoms with Gasteiger partial charge in [-0.25, -0.2) is 15.2 Å². The molecular weight excluding hydrogens is 759 g/mol. The summed E-state index contributed by atoms with van der Waals surface area (Å²) in [5, 5.41) is 15.9. The summed E-state index contributed by atoms with van der Waals surface area (Å²) in [7, 11) is 5.22. The minimum absolute atomic E-state index is 0.0975. The number of ether oxygens (including phenoxy) is 5. The fraction of sp³-hybridized carbons (Fsp3) is 0.682. The molecule has 2 aromatic rings. The smallest absolute Gasteiger partial charge is 0.425 e. The Hall–Kier alpha value is -3.86. The lowest BCUT2D eigenvalue weighted by atomic mass is 9.78. The molecule has 0 saturated carbocycles. The maximum Gasteiger partial charge on any atom is 0.425 e. The zero-order valence-corrected chi connectivity index (χ0v) is 36.7. The first-order chi connectivity index (χ1) is 27.8. The summed E-state index contributed by atoms with van der Waals surface area (Å²) in [4.78, 5) is 61.7. The van der Waals surface area contributed by atoms with Crippen LogP contribution < -0.4 is 10.7 Å². The van der Waals surface area contributed by atoms with Crippen LogP contribution in [0.1, 0.15) is 86.8 Å². The predicted molar refractivity (Wildman–Crippen MR) is 221 cm³/mol. The van der Waals surface area contributed by atoms with Crippen LogP contribution in [0.2, 0.25) is 0 Å². The number of benzene rings is 1. The van der Waals surface area contributed by atoms with Crippen molar-refractivity contribution >= 4 is 23.8 Å². The molecular formula is C44H67N5O10. The first-order valence-electron chi connectivity index (χ1n) is 21.1. The topological polar surface area (TPSA) is 181 Å². The number of fused-ring (bicyclic) bond motifs is 1. The number of esters is 1. The van der Waals surface area contributed by atoms with Gasteiger partial charge in [0, 0.05) is 42.9 Å². The van der Waals surface area contributed by atoms with Gasteiger partial charge in [-0.15, -0.1) is 0 Å². The number of carbonyl (C=O) groups is 4. The summed E-state index contributed by atoms with van der Waals surface area (Å²) in [6.45, 7) is 14.2. The Labute approximate surface area is 349 Å². The molecule has 2 amide bonds. The molecule has 0 bridgehead atoms. The van der Waals surface area contributed by atoms with E-state index in [-0.39, 0.29) is 30.9 Å². The third kappa shape index (κ3) is 10.0. The van der Waals surface area contributed by atoms with Crippen molar-refractivity contribution in [2.75, 3.05) is 27.7 Å². The van der Waals surface area contributed by atoms with Crippen LogP contribution in [-0.2, 0) is 44.5 Å². The number of methoxy groups -OCH3 is 1. The summed E-state index contributed by atoms with van der Waals surface area (Å²) in [5.74, 6) is -4.51. The lowest BCUT2D eigenvalue weighted by Crippen LogP contribution is -2.63. The van der Waals surface area contributed by atoms with Gasteiger partial charge in [0.05, 0.1) is 23.9 Å². The van der Waals surface area contributed by atoms with E-state index in [9.17, 15) is 24.3 Å². The standard InChI is InChI=1S/C44H67N5O10/c1-12-34-44(8)37(49(42(54)59-44)45-22-16-19-31-20-21-32(47-31)30-17-14-13-15-18-30)29(6)46-39(52)25(2)24-43(7,55-11)38(27(4)35(50)28(5)40(53)57-34)58-41-36(51)33(48(9)10)23-26(3)56-41/h13-15,17-18,20-21,25-29,33-34,36-38,41,45,47,51H,12,16,19,22-24H2,1-11H3,(H,46,52)/t25-,26-,27+,28-,29?,33+,34-,36-,37-,38-,41+,43+,44-/m1/s1. The second kappa shape index (κ2) is 19.2. The van der Waals surface area contributed by atoms with Crippen LogP contribution in [0.5, 0.6) is 0 Å². The van der Waals surface area contributed by atoms with E-state index in [2.05, 4.69) is 15.7 Å². The fourth-order valence-corrected chi connectivity index (χ4v) is 9.22. The van der Waals surface area contributed by atoms with Crippen molar-refractivity contribution in [3.05, 3.63) is 48.2 Å². The Morgan fingerprint density at radius 3 is 2.36 bits per heavy atom. The van der Waals surface area contributed by atoms with Crippen LogP contribution in [0.3, 0.4) is 0 Å². The van der Waals surface area contributed by atoms with E-state index in [1.165, 1.54) is 19.0 Å². The van der Waals surface area contributed by atoms with Crippen molar-refractivity contribution in [1.82, 2.24) is 25.6 Å². The number of likely N-dealkylation sites (N-methyl/N-ethyl adjacent to an activating group) is 1.